The van der Waals surface area contributed by atoms with Crippen molar-refractivity contribution >= 4 is 11.9 Å². The molecule has 0 radical (unpaired) electrons. The molecule has 0 aromatic heterocycles. The second-order valence-electron chi connectivity index (χ2n) is 7.23. The van der Waals surface area contributed by atoms with Crippen LogP contribution in [0.15, 0.2) is 23.3 Å². The number of esters is 2. The van der Waals surface area contributed by atoms with E-state index in [4.69, 9.17) is 9.47 Å². The zero-order valence-electron chi connectivity index (χ0n) is 13.7. The van der Waals surface area contributed by atoms with E-state index in [1.54, 1.807) is 6.92 Å². The topological polar surface area (TPSA) is 55.8 Å². The summed E-state index contributed by atoms with van der Waals surface area (Å²) in [5.74, 6) is -0.477. The van der Waals surface area contributed by atoms with Gasteiger partial charge in [0.1, 0.15) is 6.10 Å². The number of ether oxygens (including phenoxy) is 2. The molecule has 4 heterocycles. The standard InChI is InChI=1S/C18H23NO4/c1-11-9-14(22-16(11)20)13-5-3-7-19-8-4-6-15(19)18(13)10-12(2)17(21)23-18/h9-10,13-15H,3-8H2,1-2H3/t13-,14+,15-,18-/m0/s1. The Hall–Kier alpha value is -1.62. The maximum absolute atomic E-state index is 12.2. The lowest BCUT2D eigenvalue weighted by Crippen LogP contribution is -2.55. The Morgan fingerprint density at radius 1 is 1.09 bits per heavy atom. The van der Waals surface area contributed by atoms with Gasteiger partial charge >= 0.3 is 11.9 Å². The molecule has 5 heteroatoms. The second-order valence-corrected chi connectivity index (χ2v) is 7.23. The van der Waals surface area contributed by atoms with Crippen LogP contribution >= 0.6 is 0 Å². The smallest absolute Gasteiger partial charge is 0.334 e. The average molecular weight is 317 g/mol. The van der Waals surface area contributed by atoms with Crippen LogP contribution in [-0.2, 0) is 19.1 Å². The van der Waals surface area contributed by atoms with Gasteiger partial charge in [-0.3, -0.25) is 4.90 Å². The Bertz CT molecular complexity index is 623. The van der Waals surface area contributed by atoms with Crippen LogP contribution in [0.3, 0.4) is 0 Å². The van der Waals surface area contributed by atoms with Crippen molar-refractivity contribution in [2.45, 2.75) is 57.3 Å². The summed E-state index contributed by atoms with van der Waals surface area (Å²) in [6, 6.07) is 0.199. The van der Waals surface area contributed by atoms with E-state index in [1.807, 2.05) is 19.1 Å². The SMILES string of the molecule is CC1=C[C@H]([C@@H]2CCCN3CCC[C@H]3[C@]23C=C(C)C(=O)O3)OC1=O. The summed E-state index contributed by atoms with van der Waals surface area (Å²) in [5.41, 5.74) is 0.678. The van der Waals surface area contributed by atoms with Gasteiger partial charge in [0.2, 0.25) is 0 Å². The van der Waals surface area contributed by atoms with E-state index in [-0.39, 0.29) is 30.0 Å². The largest absolute Gasteiger partial charge is 0.454 e. The Morgan fingerprint density at radius 2 is 1.83 bits per heavy atom. The molecule has 4 aliphatic rings. The highest BCUT2D eigenvalue weighted by molar-refractivity contribution is 5.92. The van der Waals surface area contributed by atoms with Crippen molar-refractivity contribution in [2.24, 2.45) is 5.92 Å². The van der Waals surface area contributed by atoms with Crippen LogP contribution in [0.25, 0.3) is 0 Å². The van der Waals surface area contributed by atoms with Gasteiger partial charge in [0.15, 0.2) is 5.60 Å². The van der Waals surface area contributed by atoms with Crippen molar-refractivity contribution in [3.63, 3.8) is 0 Å². The number of hydrogen-bond acceptors (Lipinski definition) is 5. The Balaban J connectivity index is 1.77. The van der Waals surface area contributed by atoms with Crippen LogP contribution in [0, 0.1) is 5.92 Å². The fourth-order valence-electron chi connectivity index (χ4n) is 4.79. The minimum atomic E-state index is -0.653. The highest BCUT2D eigenvalue weighted by atomic mass is 16.6. The van der Waals surface area contributed by atoms with Crippen molar-refractivity contribution in [3.05, 3.63) is 23.3 Å². The van der Waals surface area contributed by atoms with Crippen molar-refractivity contribution in [1.82, 2.24) is 4.90 Å². The van der Waals surface area contributed by atoms with Gasteiger partial charge in [0, 0.05) is 17.1 Å². The molecule has 0 amide bonds. The molecule has 4 atom stereocenters. The van der Waals surface area contributed by atoms with Gasteiger partial charge in [0.25, 0.3) is 0 Å². The van der Waals surface area contributed by atoms with Gasteiger partial charge in [-0.1, -0.05) is 0 Å². The Morgan fingerprint density at radius 3 is 2.43 bits per heavy atom. The third-order valence-electron chi connectivity index (χ3n) is 5.83. The van der Waals surface area contributed by atoms with Crippen LogP contribution < -0.4 is 0 Å². The summed E-state index contributed by atoms with van der Waals surface area (Å²) in [4.78, 5) is 26.5. The molecule has 2 saturated heterocycles. The summed E-state index contributed by atoms with van der Waals surface area (Å²) in [6.07, 6.45) is 7.72. The Labute approximate surface area is 136 Å². The highest BCUT2D eigenvalue weighted by Gasteiger charge is 2.58. The summed E-state index contributed by atoms with van der Waals surface area (Å²) >= 11 is 0. The number of fused-ring (bicyclic) bond motifs is 2. The zero-order valence-corrected chi connectivity index (χ0v) is 13.7. The number of cyclic esters (lactones) is 1. The van der Waals surface area contributed by atoms with Gasteiger partial charge in [-0.2, -0.15) is 0 Å². The summed E-state index contributed by atoms with van der Waals surface area (Å²) < 4.78 is 11.6. The fourth-order valence-corrected chi connectivity index (χ4v) is 4.79. The van der Waals surface area contributed by atoms with E-state index < -0.39 is 5.60 Å². The van der Waals surface area contributed by atoms with E-state index >= 15 is 0 Å². The number of carbonyl (C=O) groups excluding carboxylic acids is 2. The summed E-state index contributed by atoms with van der Waals surface area (Å²) in [7, 11) is 0. The lowest BCUT2D eigenvalue weighted by Gasteiger charge is -2.42. The average Bonchev–Trinajstić information content (AvgIpc) is 3.14. The van der Waals surface area contributed by atoms with Crippen molar-refractivity contribution < 1.29 is 19.1 Å². The number of hydrogen-bond donors (Lipinski definition) is 0. The molecule has 5 nitrogen and oxygen atoms in total. The predicted molar refractivity (Wildman–Crippen MR) is 83.5 cm³/mol. The minimum Gasteiger partial charge on any atom is -0.454 e. The van der Waals surface area contributed by atoms with E-state index in [0.29, 0.717) is 11.1 Å². The molecule has 0 bridgehead atoms. The van der Waals surface area contributed by atoms with Gasteiger partial charge < -0.3 is 9.47 Å². The van der Waals surface area contributed by atoms with Crippen LogP contribution in [0.2, 0.25) is 0 Å². The molecule has 1 spiro atoms. The molecule has 23 heavy (non-hydrogen) atoms. The molecular weight excluding hydrogens is 294 g/mol. The van der Waals surface area contributed by atoms with Crippen molar-refractivity contribution in [1.29, 1.82) is 0 Å². The predicted octanol–water partition coefficient (Wildman–Crippen LogP) is 1.97. The highest BCUT2D eigenvalue weighted by Crippen LogP contribution is 2.47. The second kappa shape index (κ2) is 5.20. The molecule has 0 aliphatic carbocycles. The molecule has 0 aromatic carbocycles. The Kier molecular flexibility index (Phi) is 3.38. The van der Waals surface area contributed by atoms with Crippen LogP contribution in [0.5, 0.6) is 0 Å². The lowest BCUT2D eigenvalue weighted by atomic mass is 9.75. The van der Waals surface area contributed by atoms with E-state index in [9.17, 15) is 9.59 Å². The van der Waals surface area contributed by atoms with Gasteiger partial charge in [0.05, 0.1) is 6.04 Å². The summed E-state index contributed by atoms with van der Waals surface area (Å²) in [6.45, 7) is 5.69. The lowest BCUT2D eigenvalue weighted by molar-refractivity contribution is -0.163. The first-order valence-electron chi connectivity index (χ1n) is 8.57. The molecule has 0 saturated carbocycles. The molecular formula is C18H23NO4. The van der Waals surface area contributed by atoms with Crippen LogP contribution in [-0.4, -0.2) is 47.7 Å². The maximum atomic E-state index is 12.2. The fraction of sp³-hybridized carbons (Fsp3) is 0.667. The molecule has 4 rings (SSSR count). The monoisotopic (exact) mass is 317 g/mol. The first-order chi connectivity index (χ1) is 11.0. The van der Waals surface area contributed by atoms with E-state index in [2.05, 4.69) is 4.90 Å². The third kappa shape index (κ3) is 2.17. The molecule has 4 aliphatic heterocycles. The molecule has 0 unspecified atom stereocenters. The normalized spacial score (nSPS) is 40.5. The van der Waals surface area contributed by atoms with Crippen LogP contribution in [0.1, 0.15) is 39.5 Å². The number of rotatable bonds is 1. The third-order valence-corrected chi connectivity index (χ3v) is 5.83. The molecule has 0 aromatic rings. The van der Waals surface area contributed by atoms with Gasteiger partial charge in [-0.15, -0.1) is 0 Å². The van der Waals surface area contributed by atoms with E-state index in [1.165, 1.54) is 0 Å². The van der Waals surface area contributed by atoms with Crippen LogP contribution in [0.4, 0.5) is 0 Å². The maximum Gasteiger partial charge on any atom is 0.334 e. The zero-order chi connectivity index (χ0) is 16.2. The number of nitrogens with zero attached hydrogens (tertiary/aromatic N) is 1. The van der Waals surface area contributed by atoms with Gasteiger partial charge in [-0.05, 0) is 64.8 Å². The first-order valence-corrected chi connectivity index (χ1v) is 8.57. The molecule has 124 valence electrons. The molecule has 0 N–H and O–H groups in total. The van der Waals surface area contributed by atoms with Crippen molar-refractivity contribution in [2.75, 3.05) is 13.1 Å². The molecule has 2 fully saturated rings. The quantitative estimate of drug-likeness (QED) is 0.692. The van der Waals surface area contributed by atoms with Crippen molar-refractivity contribution in [3.8, 4) is 0 Å². The minimum absolute atomic E-state index is 0.00148. The first kappa shape index (κ1) is 14.9. The van der Waals surface area contributed by atoms with E-state index in [0.717, 1.165) is 38.8 Å². The van der Waals surface area contributed by atoms with Gasteiger partial charge in [-0.25, -0.2) is 9.59 Å². The summed E-state index contributed by atoms with van der Waals surface area (Å²) in [5, 5.41) is 0. The number of carbonyl (C=O) groups is 2.